The van der Waals surface area contributed by atoms with Gasteiger partial charge in [-0.05, 0) is 153 Å². The third kappa shape index (κ3) is 8.84. The van der Waals surface area contributed by atoms with Crippen LogP contribution in [0.1, 0.15) is 163 Å². The average molecular weight is 657 g/mol. The number of aliphatic hydroxyl groups is 4. The van der Waals surface area contributed by atoms with Crippen LogP contribution in [0.25, 0.3) is 0 Å². The minimum atomic E-state index is -0.182. The minimum absolute atomic E-state index is 0.122. The summed E-state index contributed by atoms with van der Waals surface area (Å²) in [7, 11) is 0. The summed E-state index contributed by atoms with van der Waals surface area (Å²) in [4.78, 5) is 0. The molecule has 0 spiro atoms. The molecule has 0 radical (unpaired) electrons. The first kappa shape index (κ1) is 36.6. The zero-order chi connectivity index (χ0) is 33.2. The van der Waals surface area contributed by atoms with E-state index in [9.17, 15) is 20.4 Å². The van der Waals surface area contributed by atoms with Crippen molar-refractivity contribution >= 4 is 0 Å². The second-order valence-corrected chi connectivity index (χ2v) is 19.5. The number of hydrogen-bond donors (Lipinski definition) is 4. The highest BCUT2D eigenvalue weighted by molar-refractivity contribution is 4.95. The van der Waals surface area contributed by atoms with E-state index in [4.69, 9.17) is 0 Å². The van der Waals surface area contributed by atoms with Gasteiger partial charge >= 0.3 is 0 Å². The zero-order valence-corrected chi connectivity index (χ0v) is 31.0. The maximum Gasteiger partial charge on any atom is 0.0594 e. The summed E-state index contributed by atoms with van der Waals surface area (Å²) in [6, 6.07) is 0. The maximum absolute atomic E-state index is 11.5. The summed E-state index contributed by atoms with van der Waals surface area (Å²) in [5.74, 6) is 7.66. The second kappa shape index (κ2) is 16.5. The van der Waals surface area contributed by atoms with E-state index in [2.05, 4.69) is 27.7 Å². The van der Waals surface area contributed by atoms with Crippen LogP contribution in [0.3, 0.4) is 0 Å². The third-order valence-electron chi connectivity index (χ3n) is 16.2. The van der Waals surface area contributed by atoms with Crippen molar-refractivity contribution in [2.24, 2.45) is 82.9 Å². The predicted molar refractivity (Wildman–Crippen MR) is 193 cm³/mol. The quantitative estimate of drug-likeness (QED) is 0.210. The zero-order valence-electron chi connectivity index (χ0n) is 31.0. The van der Waals surface area contributed by atoms with Gasteiger partial charge in [-0.2, -0.15) is 0 Å². The molecule has 0 bridgehead atoms. The van der Waals surface area contributed by atoms with Crippen molar-refractivity contribution in [3.05, 3.63) is 0 Å². The van der Waals surface area contributed by atoms with Crippen molar-refractivity contribution in [2.75, 3.05) is 0 Å². The Hall–Kier alpha value is -0.160. The molecular weight excluding hydrogens is 580 g/mol. The molecule has 0 aromatic carbocycles. The smallest absolute Gasteiger partial charge is 0.0594 e. The molecular formula is C43H76O4. The van der Waals surface area contributed by atoms with Crippen molar-refractivity contribution in [1.82, 2.24) is 0 Å². The van der Waals surface area contributed by atoms with E-state index < -0.39 is 0 Å². The lowest BCUT2D eigenvalue weighted by molar-refractivity contribution is -0.0562. The summed E-state index contributed by atoms with van der Waals surface area (Å²) in [5.41, 5.74) is 0. The van der Waals surface area contributed by atoms with Crippen molar-refractivity contribution in [3.8, 4) is 0 Å². The Balaban J connectivity index is 1.05. The van der Waals surface area contributed by atoms with Crippen LogP contribution in [0, 0.1) is 82.9 Å². The van der Waals surface area contributed by atoms with Crippen molar-refractivity contribution in [2.45, 2.75) is 187 Å². The molecule has 272 valence electrons. The van der Waals surface area contributed by atoms with Gasteiger partial charge in [0.1, 0.15) is 0 Å². The van der Waals surface area contributed by atoms with Gasteiger partial charge < -0.3 is 20.4 Å². The molecule has 0 heterocycles. The average Bonchev–Trinajstić information content (AvgIpc) is 3.05. The fourth-order valence-corrected chi connectivity index (χ4v) is 13.5. The fraction of sp³-hybridized carbons (Fsp3) is 1.00. The molecule has 0 aliphatic heterocycles. The molecule has 6 rings (SSSR count). The lowest BCUT2D eigenvalue weighted by atomic mass is 9.60. The van der Waals surface area contributed by atoms with Gasteiger partial charge in [0, 0.05) is 0 Å². The summed E-state index contributed by atoms with van der Waals surface area (Å²) < 4.78 is 0. The van der Waals surface area contributed by atoms with Crippen LogP contribution < -0.4 is 0 Å². The summed E-state index contributed by atoms with van der Waals surface area (Å²) >= 11 is 0. The Kier molecular flexibility index (Phi) is 12.8. The number of hydrogen-bond acceptors (Lipinski definition) is 4. The highest BCUT2D eigenvalue weighted by atomic mass is 16.3. The summed E-state index contributed by atoms with van der Waals surface area (Å²) in [6.07, 6.45) is 25.2. The van der Waals surface area contributed by atoms with Crippen molar-refractivity contribution in [3.63, 3.8) is 0 Å². The lowest BCUT2D eigenvalue weighted by Gasteiger charge is -2.47. The van der Waals surface area contributed by atoms with E-state index in [1.807, 2.05) is 0 Å². The van der Waals surface area contributed by atoms with E-state index in [0.717, 1.165) is 38.5 Å². The van der Waals surface area contributed by atoms with Crippen LogP contribution in [0.2, 0.25) is 0 Å². The van der Waals surface area contributed by atoms with Gasteiger partial charge in [-0.15, -0.1) is 0 Å². The van der Waals surface area contributed by atoms with Gasteiger partial charge in [-0.3, -0.25) is 0 Å². The van der Waals surface area contributed by atoms with E-state index >= 15 is 0 Å². The second-order valence-electron chi connectivity index (χ2n) is 19.5. The molecule has 47 heavy (non-hydrogen) atoms. The highest BCUT2D eigenvalue weighted by Gasteiger charge is 2.45. The number of rotatable bonds is 8. The van der Waals surface area contributed by atoms with Crippen molar-refractivity contribution < 1.29 is 20.4 Å². The Morgan fingerprint density at radius 1 is 0.383 bits per heavy atom. The minimum Gasteiger partial charge on any atom is -0.393 e. The van der Waals surface area contributed by atoms with Crippen LogP contribution in [0.15, 0.2) is 0 Å². The predicted octanol–water partition coefficient (Wildman–Crippen LogP) is 9.41. The molecule has 6 aliphatic rings. The van der Waals surface area contributed by atoms with E-state index in [1.54, 1.807) is 0 Å². The Morgan fingerprint density at radius 3 is 1.15 bits per heavy atom. The SMILES string of the molecule is CC1CC(O)C(C2CCCCC2)CC1CC1CC(CC2CC(C)C(O)C(CC3CC(C4CCCCC4)C(O)CC3C)C2)CC(C)C1O. The standard InChI is InChI=1S/C43H76O4/c1-26-17-40(44)38(32-11-7-5-8-12-32)24-34(26)22-36-20-30(15-28(3)42(36)46)19-31-16-29(4)43(47)37(21-31)23-35-25-39(41(45)18-27(35)2)33-13-9-6-10-14-33/h26-47H,5-25H2,1-4H3. The largest absolute Gasteiger partial charge is 0.393 e. The molecule has 4 nitrogen and oxygen atoms in total. The normalized spacial score (nSPS) is 49.5. The lowest BCUT2D eigenvalue weighted by Crippen LogP contribution is -2.43. The summed E-state index contributed by atoms with van der Waals surface area (Å²) in [6.45, 7) is 9.36. The highest BCUT2D eigenvalue weighted by Crippen LogP contribution is 2.50. The molecule has 0 saturated heterocycles. The monoisotopic (exact) mass is 657 g/mol. The molecule has 6 aliphatic carbocycles. The topological polar surface area (TPSA) is 80.9 Å². The van der Waals surface area contributed by atoms with Crippen LogP contribution in [-0.2, 0) is 0 Å². The molecule has 6 saturated carbocycles. The third-order valence-corrected chi connectivity index (χ3v) is 16.2. The number of aliphatic hydroxyl groups excluding tert-OH is 4. The molecule has 0 aromatic rings. The van der Waals surface area contributed by atoms with Crippen molar-refractivity contribution in [1.29, 1.82) is 0 Å². The van der Waals surface area contributed by atoms with Crippen LogP contribution >= 0.6 is 0 Å². The molecule has 4 N–H and O–H groups in total. The van der Waals surface area contributed by atoms with Gasteiger partial charge in [-0.25, -0.2) is 0 Å². The fourth-order valence-electron chi connectivity index (χ4n) is 13.5. The van der Waals surface area contributed by atoms with Crippen LogP contribution in [0.5, 0.6) is 0 Å². The Bertz CT molecular complexity index is 868. The molecule has 16 atom stereocenters. The van der Waals surface area contributed by atoms with Crippen LogP contribution in [0.4, 0.5) is 0 Å². The van der Waals surface area contributed by atoms with Gasteiger partial charge in [0.05, 0.1) is 24.4 Å². The molecule has 0 amide bonds. The first-order chi connectivity index (χ1) is 22.6. The Morgan fingerprint density at radius 2 is 0.766 bits per heavy atom. The van der Waals surface area contributed by atoms with Crippen LogP contribution in [-0.4, -0.2) is 44.8 Å². The maximum atomic E-state index is 11.5. The van der Waals surface area contributed by atoms with E-state index in [0.29, 0.717) is 82.9 Å². The molecule has 16 unspecified atom stereocenters. The van der Waals surface area contributed by atoms with Gasteiger partial charge in [0.25, 0.3) is 0 Å². The first-order valence-electron chi connectivity index (χ1n) is 21.3. The van der Waals surface area contributed by atoms with Gasteiger partial charge in [-0.1, -0.05) is 91.9 Å². The summed E-state index contributed by atoms with van der Waals surface area (Å²) in [5, 5.41) is 45.2. The molecule has 4 heteroatoms. The first-order valence-corrected chi connectivity index (χ1v) is 21.3. The molecule has 0 aromatic heterocycles. The molecule has 6 fully saturated rings. The van der Waals surface area contributed by atoms with E-state index in [1.165, 1.54) is 96.3 Å². The van der Waals surface area contributed by atoms with Gasteiger partial charge in [0.2, 0.25) is 0 Å². The van der Waals surface area contributed by atoms with Gasteiger partial charge in [0.15, 0.2) is 0 Å². The van der Waals surface area contributed by atoms with E-state index in [-0.39, 0.29) is 24.4 Å². The Labute approximate surface area is 289 Å².